The van der Waals surface area contributed by atoms with E-state index in [1.807, 2.05) is 4.72 Å². The fraction of sp³-hybridized carbons (Fsp3) is 0.0455. The predicted octanol–water partition coefficient (Wildman–Crippen LogP) is 3.58. The topological polar surface area (TPSA) is 135 Å². The molecule has 174 valence electrons. The third kappa shape index (κ3) is 5.14. The molecule has 34 heavy (non-hydrogen) atoms. The first kappa shape index (κ1) is 24.6. The fourth-order valence-corrected chi connectivity index (χ4v) is 4.27. The highest BCUT2D eigenvalue weighted by Gasteiger charge is 2.25. The van der Waals surface area contributed by atoms with Gasteiger partial charge in [-0.3, -0.25) is 4.72 Å². The van der Waals surface area contributed by atoms with Crippen molar-refractivity contribution < 1.29 is 26.7 Å². The number of sulfonamides is 1. The van der Waals surface area contributed by atoms with E-state index >= 15 is 4.39 Å². The van der Waals surface area contributed by atoms with Gasteiger partial charge in [-0.05, 0) is 36.4 Å². The van der Waals surface area contributed by atoms with Crippen molar-refractivity contribution in [3.63, 3.8) is 0 Å². The third-order valence-electron chi connectivity index (χ3n) is 4.41. The van der Waals surface area contributed by atoms with E-state index in [9.17, 15) is 17.6 Å². The summed E-state index contributed by atoms with van der Waals surface area (Å²) in [7, 11) is -3.49. The minimum Gasteiger partial charge on any atom is -0.465 e. The Labute approximate surface area is 198 Å². The van der Waals surface area contributed by atoms with Crippen LogP contribution in [-0.4, -0.2) is 32.7 Å². The highest BCUT2D eigenvalue weighted by molar-refractivity contribution is 7.92. The van der Waals surface area contributed by atoms with Gasteiger partial charge in [0.25, 0.3) is 10.0 Å². The van der Waals surface area contributed by atoms with Crippen molar-refractivity contribution in [2.24, 2.45) is 0 Å². The largest absolute Gasteiger partial charge is 0.465 e. The van der Waals surface area contributed by atoms with Crippen molar-refractivity contribution in [1.29, 1.82) is 5.41 Å². The number of nitrogens with two attached hydrogens (primary N) is 1. The van der Waals surface area contributed by atoms with Crippen LogP contribution < -0.4 is 10.5 Å². The molecule has 0 aliphatic carbocycles. The van der Waals surface area contributed by atoms with E-state index in [1.165, 1.54) is 18.3 Å². The lowest BCUT2D eigenvalue weighted by Gasteiger charge is -2.13. The summed E-state index contributed by atoms with van der Waals surface area (Å²) in [5, 5.41) is 7.28. The van der Waals surface area contributed by atoms with Gasteiger partial charge in [0.15, 0.2) is 5.82 Å². The second kappa shape index (κ2) is 9.86. The Morgan fingerprint density at radius 2 is 1.97 bits per heavy atom. The maximum atomic E-state index is 15.0. The maximum absolute atomic E-state index is 15.0. The summed E-state index contributed by atoms with van der Waals surface area (Å²) in [4.78, 5) is 15.3. The Morgan fingerprint density at radius 1 is 1.24 bits per heavy atom. The molecular weight excluding hydrogens is 490 g/mol. The number of carbonyl (C=O) groups excluding carboxylic acids is 1. The number of aromatic nitrogens is 1. The van der Waals surface area contributed by atoms with Crippen LogP contribution in [0.15, 0.2) is 47.5 Å². The monoisotopic (exact) mass is 504 g/mol. The van der Waals surface area contributed by atoms with E-state index in [1.54, 1.807) is 0 Å². The van der Waals surface area contributed by atoms with Gasteiger partial charge in [-0.1, -0.05) is 23.4 Å². The van der Waals surface area contributed by atoms with E-state index in [4.69, 9.17) is 22.7 Å². The van der Waals surface area contributed by atoms with Crippen LogP contribution in [0.4, 0.5) is 20.3 Å². The molecule has 0 aliphatic rings. The summed E-state index contributed by atoms with van der Waals surface area (Å²) in [6, 6.07) is 6.52. The minimum atomic E-state index is -4.55. The highest BCUT2D eigenvalue weighted by atomic mass is 35.5. The van der Waals surface area contributed by atoms with Crippen LogP contribution in [0, 0.1) is 28.9 Å². The number of rotatable bonds is 5. The number of anilines is 2. The second-order valence-electron chi connectivity index (χ2n) is 6.61. The summed E-state index contributed by atoms with van der Waals surface area (Å²) >= 11 is 5.87. The number of nitrogens with one attached hydrogen (secondary N) is 2. The smallest absolute Gasteiger partial charge is 0.339 e. The van der Waals surface area contributed by atoms with Crippen LogP contribution in [-0.2, 0) is 14.8 Å². The Kier molecular flexibility index (Phi) is 7.14. The number of benzene rings is 2. The van der Waals surface area contributed by atoms with E-state index in [0.29, 0.717) is 0 Å². The third-order valence-corrected chi connectivity index (χ3v) is 6.05. The van der Waals surface area contributed by atoms with Crippen molar-refractivity contribution in [1.82, 2.24) is 4.98 Å². The quantitative estimate of drug-likeness (QED) is 0.276. The van der Waals surface area contributed by atoms with Gasteiger partial charge in [0.05, 0.1) is 23.9 Å². The van der Waals surface area contributed by atoms with Crippen LogP contribution in [0.2, 0.25) is 5.02 Å². The molecular formula is C22H15ClF2N4O4S. The number of esters is 1. The Morgan fingerprint density at radius 3 is 2.65 bits per heavy atom. The number of ether oxygens (including phenoxy) is 1. The molecule has 1 heterocycles. The number of hydrogen-bond acceptors (Lipinski definition) is 7. The van der Waals surface area contributed by atoms with E-state index in [2.05, 4.69) is 21.6 Å². The molecule has 0 fully saturated rings. The molecule has 0 amide bonds. The standard InChI is InChI=1S/C22H15ClF2N4O4S/c1-33-22(30)16-5-3-14(23)9-19(16)34(31,32)29-18-7-6-17(24)15(20(18)25)4-2-12-8-13(10-26)21(27)28-11-12/h3,5-11,26,29H,1H3,(H2,27,28). The lowest BCUT2D eigenvalue weighted by Crippen LogP contribution is -2.18. The zero-order valence-corrected chi connectivity index (χ0v) is 18.9. The van der Waals surface area contributed by atoms with Gasteiger partial charge in [0, 0.05) is 28.6 Å². The first-order valence-corrected chi connectivity index (χ1v) is 11.1. The van der Waals surface area contributed by atoms with Crippen LogP contribution in [0.25, 0.3) is 0 Å². The predicted molar refractivity (Wildman–Crippen MR) is 122 cm³/mol. The summed E-state index contributed by atoms with van der Waals surface area (Å²) in [5.74, 6) is 1.60. The number of hydrogen-bond donors (Lipinski definition) is 3. The normalized spacial score (nSPS) is 10.7. The van der Waals surface area contributed by atoms with Crippen molar-refractivity contribution in [2.45, 2.75) is 4.90 Å². The van der Waals surface area contributed by atoms with Gasteiger partial charge in [-0.15, -0.1) is 0 Å². The van der Waals surface area contributed by atoms with Crippen LogP contribution in [0.1, 0.15) is 27.0 Å². The zero-order chi connectivity index (χ0) is 25.0. The molecule has 0 aliphatic heterocycles. The van der Waals surface area contributed by atoms with Gasteiger partial charge in [0.2, 0.25) is 0 Å². The molecule has 0 saturated heterocycles. The molecule has 0 saturated carbocycles. The molecule has 3 rings (SSSR count). The highest BCUT2D eigenvalue weighted by Crippen LogP contribution is 2.27. The number of halogens is 3. The van der Waals surface area contributed by atoms with Gasteiger partial charge in [0.1, 0.15) is 16.5 Å². The summed E-state index contributed by atoms with van der Waals surface area (Å²) in [5.41, 5.74) is 4.42. The van der Waals surface area contributed by atoms with E-state index in [0.717, 1.165) is 37.6 Å². The average molecular weight is 505 g/mol. The van der Waals surface area contributed by atoms with Crippen LogP contribution in [0.5, 0.6) is 0 Å². The Hall–Kier alpha value is -4.01. The number of nitrogens with zero attached hydrogens (tertiary/aromatic N) is 1. The first-order valence-electron chi connectivity index (χ1n) is 9.24. The van der Waals surface area contributed by atoms with E-state index in [-0.39, 0.29) is 27.5 Å². The Bertz CT molecular complexity index is 1480. The zero-order valence-electron chi connectivity index (χ0n) is 17.3. The van der Waals surface area contributed by atoms with Crippen molar-refractivity contribution in [3.8, 4) is 11.8 Å². The van der Waals surface area contributed by atoms with Crippen molar-refractivity contribution in [3.05, 3.63) is 81.5 Å². The molecule has 0 unspecified atom stereocenters. The molecule has 4 N–H and O–H groups in total. The minimum absolute atomic E-state index is 0.000521. The second-order valence-corrected chi connectivity index (χ2v) is 8.70. The molecule has 12 heteroatoms. The Balaban J connectivity index is 2.03. The fourth-order valence-electron chi connectivity index (χ4n) is 2.75. The van der Waals surface area contributed by atoms with Crippen LogP contribution >= 0.6 is 11.6 Å². The first-order chi connectivity index (χ1) is 16.1. The molecule has 3 aromatic rings. The SMILES string of the molecule is COC(=O)c1ccc(Cl)cc1S(=O)(=O)Nc1ccc(F)c(C#Cc2cnc(N)c(C=N)c2)c1F. The molecule has 0 spiro atoms. The van der Waals surface area contributed by atoms with Crippen molar-refractivity contribution >= 4 is 45.3 Å². The molecule has 0 atom stereocenters. The van der Waals surface area contributed by atoms with Gasteiger partial charge < -0.3 is 15.9 Å². The molecule has 0 radical (unpaired) electrons. The molecule has 0 bridgehead atoms. The number of pyridine rings is 1. The average Bonchev–Trinajstić information content (AvgIpc) is 2.81. The maximum Gasteiger partial charge on any atom is 0.339 e. The molecule has 1 aromatic heterocycles. The number of carbonyl (C=O) groups is 1. The van der Waals surface area contributed by atoms with E-state index < -0.39 is 43.8 Å². The van der Waals surface area contributed by atoms with Gasteiger partial charge >= 0.3 is 5.97 Å². The van der Waals surface area contributed by atoms with Gasteiger partial charge in [-0.2, -0.15) is 0 Å². The lowest BCUT2D eigenvalue weighted by molar-refractivity contribution is 0.0596. The summed E-state index contributed by atoms with van der Waals surface area (Å²) < 4.78 is 61.7. The van der Waals surface area contributed by atoms with Crippen LogP contribution in [0.3, 0.4) is 0 Å². The summed E-state index contributed by atoms with van der Waals surface area (Å²) in [6.45, 7) is 0. The lowest BCUT2D eigenvalue weighted by atomic mass is 10.1. The molecule has 8 nitrogen and oxygen atoms in total. The summed E-state index contributed by atoms with van der Waals surface area (Å²) in [6.07, 6.45) is 2.20. The van der Waals surface area contributed by atoms with Gasteiger partial charge in [-0.25, -0.2) is 27.0 Å². The molecule has 2 aromatic carbocycles. The number of nitrogen functional groups attached to an aromatic ring is 1. The number of methoxy groups -OCH3 is 1. The van der Waals surface area contributed by atoms with Crippen molar-refractivity contribution in [2.75, 3.05) is 17.6 Å².